The number of halogens is 2. The Hall–Kier alpha value is -3.38. The van der Waals surface area contributed by atoms with Crippen LogP contribution >= 0.6 is 31.9 Å². The first-order chi connectivity index (χ1) is 19.8. The molecule has 202 valence electrons. The number of rotatable bonds is 4. The molecule has 2 bridgehead atoms. The van der Waals surface area contributed by atoms with Crippen LogP contribution in [0.4, 0.5) is 17.1 Å². The predicted octanol–water partition coefficient (Wildman–Crippen LogP) is 11.5. The SMILES string of the molecule is CC12CCC(C)(O1)c1cc(-c3cc(N(c4ccc(Br)cc4)c4ccc(Br)cc4)c4oc5ccccc5c4c3)ccc12. The maximum absolute atomic E-state index is 6.61. The van der Waals surface area contributed by atoms with Crippen molar-refractivity contribution in [2.75, 3.05) is 4.90 Å². The zero-order valence-corrected chi connectivity index (χ0v) is 25.9. The minimum atomic E-state index is -0.226. The fraction of sp³-hybridized carbons (Fsp3) is 0.167. The quantitative estimate of drug-likeness (QED) is 0.187. The highest BCUT2D eigenvalue weighted by atomic mass is 79.9. The van der Waals surface area contributed by atoms with E-state index in [1.807, 2.05) is 12.1 Å². The highest BCUT2D eigenvalue weighted by molar-refractivity contribution is 9.10. The van der Waals surface area contributed by atoms with Crippen LogP contribution in [-0.4, -0.2) is 0 Å². The summed E-state index contributed by atoms with van der Waals surface area (Å²) < 4.78 is 15.3. The van der Waals surface area contributed by atoms with Gasteiger partial charge in [-0.15, -0.1) is 0 Å². The molecule has 3 heterocycles. The Balaban J connectivity index is 1.40. The van der Waals surface area contributed by atoms with E-state index >= 15 is 0 Å². The molecule has 1 aromatic heterocycles. The molecule has 3 nitrogen and oxygen atoms in total. The molecule has 6 aromatic rings. The van der Waals surface area contributed by atoms with Crippen LogP contribution in [0.15, 0.2) is 116 Å². The van der Waals surface area contributed by atoms with Crippen molar-refractivity contribution >= 4 is 70.9 Å². The van der Waals surface area contributed by atoms with Crippen LogP contribution in [0.25, 0.3) is 33.1 Å². The Labute approximate surface area is 256 Å². The molecule has 0 amide bonds. The van der Waals surface area contributed by atoms with Gasteiger partial charge in [0.1, 0.15) is 5.58 Å². The van der Waals surface area contributed by atoms with Crippen molar-refractivity contribution in [2.24, 2.45) is 0 Å². The van der Waals surface area contributed by atoms with Crippen LogP contribution < -0.4 is 4.90 Å². The molecule has 1 saturated heterocycles. The summed E-state index contributed by atoms with van der Waals surface area (Å²) in [6.07, 6.45) is 2.12. The summed E-state index contributed by atoms with van der Waals surface area (Å²) in [6.45, 7) is 4.48. The number of furan rings is 1. The average molecular weight is 665 g/mol. The minimum absolute atomic E-state index is 0.182. The lowest BCUT2D eigenvalue weighted by atomic mass is 9.77. The first-order valence-corrected chi connectivity index (χ1v) is 15.5. The van der Waals surface area contributed by atoms with Gasteiger partial charge >= 0.3 is 0 Å². The Morgan fingerprint density at radius 2 is 1.27 bits per heavy atom. The van der Waals surface area contributed by atoms with E-state index in [1.165, 1.54) is 16.7 Å². The number of benzene rings is 5. The van der Waals surface area contributed by atoms with Crippen molar-refractivity contribution in [1.29, 1.82) is 0 Å². The molecule has 2 atom stereocenters. The van der Waals surface area contributed by atoms with Crippen LogP contribution in [0.3, 0.4) is 0 Å². The minimum Gasteiger partial charge on any atom is -0.454 e. The van der Waals surface area contributed by atoms with Crippen LogP contribution in [0.2, 0.25) is 0 Å². The van der Waals surface area contributed by atoms with Crippen molar-refractivity contribution in [3.63, 3.8) is 0 Å². The van der Waals surface area contributed by atoms with Crippen LogP contribution in [-0.2, 0) is 15.9 Å². The van der Waals surface area contributed by atoms with E-state index in [9.17, 15) is 0 Å². The maximum atomic E-state index is 6.61. The molecule has 0 saturated carbocycles. The van der Waals surface area contributed by atoms with Crippen LogP contribution in [0.5, 0.6) is 0 Å². The van der Waals surface area contributed by atoms with E-state index < -0.39 is 0 Å². The van der Waals surface area contributed by atoms with Gasteiger partial charge in [0.25, 0.3) is 0 Å². The summed E-state index contributed by atoms with van der Waals surface area (Å²) in [4.78, 5) is 2.29. The number of nitrogens with zero attached hydrogens (tertiary/aromatic N) is 1. The third-order valence-corrected chi connectivity index (χ3v) is 9.95. The van der Waals surface area contributed by atoms with E-state index in [0.29, 0.717) is 0 Å². The highest BCUT2D eigenvalue weighted by Crippen LogP contribution is 2.58. The van der Waals surface area contributed by atoms with Gasteiger partial charge in [-0.05, 0) is 122 Å². The zero-order valence-electron chi connectivity index (χ0n) is 22.7. The molecular weight excluding hydrogens is 638 g/mol. The molecular formula is C36H27Br2NO2. The van der Waals surface area contributed by atoms with Crippen molar-refractivity contribution in [1.82, 2.24) is 0 Å². The third-order valence-electron chi connectivity index (χ3n) is 8.89. The van der Waals surface area contributed by atoms with Gasteiger partial charge in [-0.25, -0.2) is 0 Å². The number of anilines is 3. The van der Waals surface area contributed by atoms with E-state index in [-0.39, 0.29) is 11.2 Å². The van der Waals surface area contributed by atoms with Crippen molar-refractivity contribution in [3.05, 3.63) is 123 Å². The summed E-state index contributed by atoms with van der Waals surface area (Å²) in [5.41, 5.74) is 9.42. The van der Waals surface area contributed by atoms with Gasteiger partial charge < -0.3 is 14.1 Å². The second-order valence-corrected chi connectivity index (χ2v) is 13.4. The van der Waals surface area contributed by atoms with Gasteiger partial charge in [-0.1, -0.05) is 62.2 Å². The molecule has 0 spiro atoms. The molecule has 0 radical (unpaired) electrons. The summed E-state index contributed by atoms with van der Waals surface area (Å²) in [7, 11) is 0. The largest absolute Gasteiger partial charge is 0.454 e. The van der Waals surface area contributed by atoms with Crippen molar-refractivity contribution in [3.8, 4) is 11.1 Å². The predicted molar refractivity (Wildman–Crippen MR) is 174 cm³/mol. The van der Waals surface area contributed by atoms with Gasteiger partial charge in [0, 0.05) is 31.1 Å². The van der Waals surface area contributed by atoms with E-state index in [2.05, 4.69) is 142 Å². The Morgan fingerprint density at radius 3 is 1.95 bits per heavy atom. The molecule has 8 rings (SSSR count). The van der Waals surface area contributed by atoms with Crippen LogP contribution in [0, 0.1) is 0 Å². The first kappa shape index (κ1) is 25.3. The molecule has 2 aliphatic rings. The average Bonchev–Trinajstić information content (AvgIpc) is 3.59. The number of para-hydroxylation sites is 1. The topological polar surface area (TPSA) is 25.6 Å². The molecule has 0 N–H and O–H groups in total. The number of hydrogen-bond acceptors (Lipinski definition) is 3. The number of fused-ring (bicyclic) bond motifs is 8. The molecule has 2 unspecified atom stereocenters. The summed E-state index contributed by atoms with van der Waals surface area (Å²) in [6, 6.07) is 36.6. The fourth-order valence-electron chi connectivity index (χ4n) is 6.83. The lowest BCUT2D eigenvalue weighted by Gasteiger charge is -2.27. The normalized spacial score (nSPS) is 21.1. The second kappa shape index (κ2) is 9.06. The molecule has 41 heavy (non-hydrogen) atoms. The smallest absolute Gasteiger partial charge is 0.159 e. The maximum Gasteiger partial charge on any atom is 0.159 e. The molecule has 2 aliphatic heterocycles. The number of hydrogen-bond donors (Lipinski definition) is 0. The van der Waals surface area contributed by atoms with E-state index in [4.69, 9.17) is 9.15 Å². The molecule has 5 heteroatoms. The van der Waals surface area contributed by atoms with Crippen molar-refractivity contribution < 1.29 is 9.15 Å². The van der Waals surface area contributed by atoms with Gasteiger partial charge in [-0.2, -0.15) is 0 Å². The number of ether oxygens (including phenoxy) is 1. The van der Waals surface area contributed by atoms with E-state index in [1.54, 1.807) is 0 Å². The molecule has 1 fully saturated rings. The monoisotopic (exact) mass is 663 g/mol. The van der Waals surface area contributed by atoms with Gasteiger partial charge in [-0.3, -0.25) is 0 Å². The summed E-state index contributed by atoms with van der Waals surface area (Å²) >= 11 is 7.23. The second-order valence-electron chi connectivity index (χ2n) is 11.6. The molecule has 5 aromatic carbocycles. The first-order valence-electron chi connectivity index (χ1n) is 13.9. The van der Waals surface area contributed by atoms with Gasteiger partial charge in [0.05, 0.1) is 16.9 Å². The Morgan fingerprint density at radius 1 is 0.634 bits per heavy atom. The molecule has 0 aliphatic carbocycles. The fourth-order valence-corrected chi connectivity index (χ4v) is 7.36. The summed E-state index contributed by atoms with van der Waals surface area (Å²) in [5.74, 6) is 0. The third kappa shape index (κ3) is 3.93. The standard InChI is InChI=1S/C36H27Br2NO2/c1-35-17-18-36(2,41-35)31-20-22(7-16-30(31)35)23-19-29-28-5-3-4-6-33(28)40-34(29)32(21-23)39(26-12-8-24(37)9-13-26)27-14-10-25(38)11-15-27/h3-16,19-21H,17-18H2,1-2H3. The highest BCUT2D eigenvalue weighted by Gasteiger charge is 2.54. The van der Waals surface area contributed by atoms with E-state index in [0.717, 1.165) is 66.4 Å². The lowest BCUT2D eigenvalue weighted by molar-refractivity contribution is -0.0662. The van der Waals surface area contributed by atoms with Gasteiger partial charge in [0.15, 0.2) is 5.58 Å². The van der Waals surface area contributed by atoms with Crippen LogP contribution in [0.1, 0.15) is 37.8 Å². The summed E-state index contributed by atoms with van der Waals surface area (Å²) in [5, 5.41) is 2.21. The Bertz CT molecular complexity index is 1930. The van der Waals surface area contributed by atoms with Crippen molar-refractivity contribution in [2.45, 2.75) is 37.9 Å². The Kier molecular flexibility index (Phi) is 5.60. The van der Waals surface area contributed by atoms with Gasteiger partial charge in [0.2, 0.25) is 0 Å². The lowest BCUT2D eigenvalue weighted by Crippen LogP contribution is -2.17. The zero-order chi connectivity index (χ0) is 27.9.